The summed E-state index contributed by atoms with van der Waals surface area (Å²) in [5, 5.41) is 0. The van der Waals surface area contributed by atoms with Crippen molar-refractivity contribution >= 4 is 0 Å². The van der Waals surface area contributed by atoms with Crippen LogP contribution in [0.5, 0.6) is 0 Å². The Bertz CT molecular complexity index is 95.7. The molecule has 0 spiro atoms. The fourth-order valence-corrected chi connectivity index (χ4v) is 0.973. The molecule has 0 aliphatic carbocycles. The van der Waals surface area contributed by atoms with Crippen molar-refractivity contribution in [2.45, 2.75) is 0 Å². The van der Waals surface area contributed by atoms with Crippen LogP contribution in [-0.2, 0) is 30.5 Å². The van der Waals surface area contributed by atoms with E-state index in [9.17, 15) is 0 Å². The topological polar surface area (TPSA) is 130 Å². The van der Waals surface area contributed by atoms with Gasteiger partial charge in [-0.25, -0.2) is 0 Å². The van der Waals surface area contributed by atoms with Crippen molar-refractivity contribution in [2.24, 2.45) is 16.9 Å². The number of methoxy groups -OCH3 is 2. The van der Waals surface area contributed by atoms with Gasteiger partial charge in [0.2, 0.25) is 0 Å². The van der Waals surface area contributed by atoms with E-state index in [1.54, 1.807) is 14.2 Å². The van der Waals surface area contributed by atoms with Gasteiger partial charge in [-0.2, -0.15) is 0 Å². The molecule has 6 nitrogen and oxygen atoms in total. The van der Waals surface area contributed by atoms with Crippen molar-refractivity contribution < 1.29 is 41.5 Å². The molecule has 14 heavy (non-hydrogen) atoms. The number of hydrogen-bond donors (Lipinski definition) is 2. The first-order valence-electron chi connectivity index (χ1n) is 3.62. The maximum atomic E-state index is 5.55. The van der Waals surface area contributed by atoms with E-state index in [0.717, 1.165) is 0 Å². The van der Waals surface area contributed by atoms with Crippen LogP contribution in [0.2, 0.25) is 0 Å². The third-order valence-corrected chi connectivity index (χ3v) is 1.77. The number of rotatable bonds is 6. The third kappa shape index (κ3) is 7.82. The second kappa shape index (κ2) is 13.4. The molecular weight excluding hydrogens is 371 g/mol. The molecule has 0 saturated heterocycles. The van der Waals surface area contributed by atoms with Crippen LogP contribution in [0, 0.1) is 5.41 Å². The van der Waals surface area contributed by atoms with Gasteiger partial charge in [-0.1, -0.05) is 0 Å². The summed E-state index contributed by atoms with van der Waals surface area (Å²) in [5.41, 5.74) is 10.9. The molecule has 0 amide bonds. The van der Waals surface area contributed by atoms with Crippen LogP contribution < -0.4 is 11.5 Å². The molecule has 0 bridgehead atoms. The Labute approximate surface area is 99.2 Å². The summed E-state index contributed by atoms with van der Waals surface area (Å²) < 4.78 is 10.0. The fourth-order valence-electron chi connectivity index (χ4n) is 0.973. The van der Waals surface area contributed by atoms with Crippen molar-refractivity contribution in [2.75, 3.05) is 40.5 Å². The predicted octanol–water partition coefficient (Wildman–Crippen LogP) is -1.17. The predicted molar refractivity (Wildman–Crippen MR) is 48.2 cm³/mol. The van der Waals surface area contributed by atoms with Gasteiger partial charge in [0.1, 0.15) is 0 Å². The molecular formula is C7H20N2O4Pt. The molecule has 0 atom stereocenters. The van der Waals surface area contributed by atoms with E-state index >= 15 is 0 Å². The summed E-state index contributed by atoms with van der Waals surface area (Å²) in [6, 6.07) is 0. The van der Waals surface area contributed by atoms with Crippen LogP contribution >= 0.6 is 0 Å². The van der Waals surface area contributed by atoms with Gasteiger partial charge in [-0.15, -0.1) is 0 Å². The zero-order valence-corrected chi connectivity index (χ0v) is 10.8. The largest absolute Gasteiger partial charge is 2.00 e. The average molecular weight is 391 g/mol. The Morgan fingerprint density at radius 3 is 1.36 bits per heavy atom. The Balaban J connectivity index is -0.000000167. The van der Waals surface area contributed by atoms with Gasteiger partial charge in [0, 0.05) is 32.7 Å². The van der Waals surface area contributed by atoms with E-state index in [-0.39, 0.29) is 37.4 Å². The quantitative estimate of drug-likeness (QED) is 0.587. The molecule has 0 aromatic heterocycles. The smallest absolute Gasteiger partial charge is 0.870 e. The second-order valence-electron chi connectivity index (χ2n) is 2.77. The monoisotopic (exact) mass is 391 g/mol. The van der Waals surface area contributed by atoms with Crippen LogP contribution in [0.1, 0.15) is 0 Å². The molecule has 0 fully saturated rings. The van der Waals surface area contributed by atoms with Crippen molar-refractivity contribution in [1.29, 1.82) is 0 Å². The molecule has 0 unspecified atom stereocenters. The third-order valence-electron chi connectivity index (χ3n) is 1.77. The minimum Gasteiger partial charge on any atom is -0.870 e. The average Bonchev–Trinajstić information content (AvgIpc) is 2.04. The van der Waals surface area contributed by atoms with Crippen LogP contribution in [0.3, 0.4) is 0 Å². The molecule has 0 aliphatic heterocycles. The van der Waals surface area contributed by atoms with Gasteiger partial charge >= 0.3 is 21.1 Å². The van der Waals surface area contributed by atoms with Gasteiger partial charge in [-0.3, -0.25) is 0 Å². The van der Waals surface area contributed by atoms with Gasteiger partial charge in [0.25, 0.3) is 0 Å². The first kappa shape index (κ1) is 23.9. The summed E-state index contributed by atoms with van der Waals surface area (Å²) >= 11 is 0. The zero-order chi connectivity index (χ0) is 8.74. The van der Waals surface area contributed by atoms with Crippen LogP contribution in [0.25, 0.3) is 0 Å². The fraction of sp³-hybridized carbons (Fsp3) is 1.00. The van der Waals surface area contributed by atoms with Crippen LogP contribution in [0.4, 0.5) is 0 Å². The molecule has 0 aliphatic rings. The second-order valence-corrected chi connectivity index (χ2v) is 2.77. The maximum Gasteiger partial charge on any atom is 2.00 e. The van der Waals surface area contributed by atoms with Crippen molar-refractivity contribution in [3.63, 3.8) is 0 Å². The molecule has 0 radical (unpaired) electrons. The molecule has 0 rings (SSSR count). The molecule has 0 heterocycles. The van der Waals surface area contributed by atoms with Gasteiger partial charge < -0.3 is 31.9 Å². The Morgan fingerprint density at radius 2 is 1.21 bits per heavy atom. The Kier molecular flexibility index (Phi) is 23.0. The standard InChI is InChI=1S/C7H18N2O2.2H2O.Pt/c1-10-5-7(3-8,4-9)6-11-2;;;/h3-6,8-9H2,1-2H3;2*1H2;/q;;;+2/p-2. The summed E-state index contributed by atoms with van der Waals surface area (Å²) in [6.45, 7) is 2.08. The maximum absolute atomic E-state index is 5.55. The van der Waals surface area contributed by atoms with Crippen LogP contribution in [0.15, 0.2) is 0 Å². The Morgan fingerprint density at radius 1 is 0.929 bits per heavy atom. The first-order chi connectivity index (χ1) is 5.24. The molecule has 7 heteroatoms. The van der Waals surface area contributed by atoms with E-state index < -0.39 is 0 Å². The minimum atomic E-state index is -0.205. The Hall–Kier alpha value is 0.448. The van der Waals surface area contributed by atoms with Crippen molar-refractivity contribution in [1.82, 2.24) is 0 Å². The minimum absolute atomic E-state index is 0. The van der Waals surface area contributed by atoms with Crippen molar-refractivity contribution in [3.8, 4) is 0 Å². The SMILES string of the molecule is COCC(CN)(CN)COC.[OH-].[OH-].[Pt+2]. The number of ether oxygens (including phenoxy) is 2. The first-order valence-corrected chi connectivity index (χ1v) is 3.62. The van der Waals surface area contributed by atoms with Gasteiger partial charge in [-0.05, 0) is 0 Å². The van der Waals surface area contributed by atoms with Crippen molar-refractivity contribution in [3.05, 3.63) is 0 Å². The molecule has 6 N–H and O–H groups in total. The summed E-state index contributed by atoms with van der Waals surface area (Å²) in [7, 11) is 3.27. The molecule has 0 aromatic carbocycles. The molecule has 0 saturated carbocycles. The van der Waals surface area contributed by atoms with E-state index in [1.807, 2.05) is 0 Å². The summed E-state index contributed by atoms with van der Waals surface area (Å²) in [4.78, 5) is 0. The molecule has 0 aromatic rings. The molecule has 92 valence electrons. The van der Waals surface area contributed by atoms with E-state index in [4.69, 9.17) is 20.9 Å². The number of hydrogen-bond acceptors (Lipinski definition) is 6. The number of nitrogens with two attached hydrogens (primary N) is 2. The van der Waals surface area contributed by atoms with Gasteiger partial charge in [0.05, 0.1) is 13.2 Å². The normalized spacial score (nSPS) is 9.43. The van der Waals surface area contributed by atoms with E-state index in [1.165, 1.54) is 0 Å². The summed E-state index contributed by atoms with van der Waals surface area (Å²) in [6.07, 6.45) is 0. The summed E-state index contributed by atoms with van der Waals surface area (Å²) in [5.74, 6) is 0. The van der Waals surface area contributed by atoms with E-state index in [0.29, 0.717) is 26.3 Å². The van der Waals surface area contributed by atoms with Crippen LogP contribution in [-0.4, -0.2) is 51.5 Å². The zero-order valence-electron chi connectivity index (χ0n) is 8.51. The van der Waals surface area contributed by atoms with E-state index in [2.05, 4.69) is 0 Å². The van der Waals surface area contributed by atoms with Gasteiger partial charge in [0.15, 0.2) is 0 Å².